The predicted octanol–water partition coefficient (Wildman–Crippen LogP) is 1.32. The molecule has 0 aromatic carbocycles. The molecular weight excluding hydrogens is 362 g/mol. The zero-order valence-corrected chi connectivity index (χ0v) is 17.2. The summed E-state index contributed by atoms with van der Waals surface area (Å²) < 4.78 is 1.99. The summed E-state index contributed by atoms with van der Waals surface area (Å²) in [6.07, 6.45) is 6.94. The Morgan fingerprint density at radius 2 is 2.19 bits per heavy atom. The van der Waals surface area contributed by atoms with Crippen molar-refractivity contribution in [3.05, 3.63) is 23.8 Å². The van der Waals surface area contributed by atoms with Gasteiger partial charge in [-0.15, -0.1) is 10.2 Å². The van der Waals surface area contributed by atoms with Crippen molar-refractivity contribution in [3.8, 4) is 0 Å². The van der Waals surface area contributed by atoms with Crippen molar-refractivity contribution in [2.45, 2.75) is 38.6 Å². The van der Waals surface area contributed by atoms with Gasteiger partial charge in [0.25, 0.3) is 0 Å². The van der Waals surface area contributed by atoms with Gasteiger partial charge in [-0.3, -0.25) is 5.10 Å². The summed E-state index contributed by atoms with van der Waals surface area (Å²) in [5, 5.41) is 18.9. The van der Waals surface area contributed by atoms with E-state index in [1.165, 1.54) is 0 Å². The first-order valence-electron chi connectivity index (χ1n) is 9.41. The summed E-state index contributed by atoms with van der Waals surface area (Å²) in [7, 11) is 1.98. The molecule has 0 atom stereocenters. The van der Waals surface area contributed by atoms with E-state index in [4.69, 9.17) is 4.99 Å². The Hall–Kier alpha value is -2.10. The Labute approximate surface area is 164 Å². The van der Waals surface area contributed by atoms with E-state index in [1.54, 1.807) is 6.33 Å². The summed E-state index contributed by atoms with van der Waals surface area (Å²) >= 11 is 1.87. The van der Waals surface area contributed by atoms with Crippen molar-refractivity contribution in [2.24, 2.45) is 12.0 Å². The number of aromatic amines is 1. The van der Waals surface area contributed by atoms with Crippen LogP contribution in [0.25, 0.3) is 0 Å². The number of aryl methyl sites for hydroxylation is 1. The maximum atomic E-state index is 4.84. The van der Waals surface area contributed by atoms with Crippen molar-refractivity contribution in [1.29, 1.82) is 0 Å². The summed E-state index contributed by atoms with van der Waals surface area (Å²) in [6, 6.07) is 0. The van der Waals surface area contributed by atoms with Gasteiger partial charge in [-0.2, -0.15) is 16.9 Å². The molecule has 0 bridgehead atoms. The van der Waals surface area contributed by atoms with Crippen LogP contribution in [0.4, 0.5) is 0 Å². The van der Waals surface area contributed by atoms with Crippen LogP contribution in [0.15, 0.2) is 11.3 Å². The third-order valence-corrected chi connectivity index (χ3v) is 5.67. The van der Waals surface area contributed by atoms with E-state index in [9.17, 15) is 0 Å². The zero-order chi connectivity index (χ0) is 19.1. The Bertz CT molecular complexity index is 717. The van der Waals surface area contributed by atoms with Crippen molar-refractivity contribution in [2.75, 3.05) is 31.6 Å². The fourth-order valence-electron chi connectivity index (χ4n) is 3.20. The van der Waals surface area contributed by atoms with Crippen molar-refractivity contribution < 1.29 is 0 Å². The molecule has 1 fully saturated rings. The Balaban J connectivity index is 1.62. The van der Waals surface area contributed by atoms with Crippen molar-refractivity contribution in [1.82, 2.24) is 40.2 Å². The third-order valence-electron chi connectivity index (χ3n) is 4.98. The molecule has 1 saturated heterocycles. The number of rotatable bonds is 7. The normalized spacial score (nSPS) is 16.1. The van der Waals surface area contributed by atoms with Crippen LogP contribution in [0, 0.1) is 6.92 Å². The zero-order valence-electron chi connectivity index (χ0n) is 16.4. The maximum absolute atomic E-state index is 4.84. The molecule has 1 aliphatic heterocycles. The number of H-pyrrole nitrogens is 1. The number of guanidine groups is 1. The Morgan fingerprint density at radius 3 is 2.81 bits per heavy atom. The average molecular weight is 392 g/mol. The summed E-state index contributed by atoms with van der Waals surface area (Å²) in [5.74, 6) is 5.34. The lowest BCUT2D eigenvalue weighted by Gasteiger charge is -2.33. The minimum atomic E-state index is 0.447. The largest absolute Gasteiger partial charge is 0.356 e. The number of nitrogens with one attached hydrogen (secondary N) is 2. The highest BCUT2D eigenvalue weighted by atomic mass is 32.2. The van der Waals surface area contributed by atoms with Gasteiger partial charge in [-0.1, -0.05) is 0 Å². The number of piperidine rings is 1. The first kappa shape index (κ1) is 19.7. The standard InChI is InChI=1S/C17H29N9S/c1-13-22-23-15(25(13)2)11-19-17(18-7-4-10-27-3)26-8-5-14(6-9-26)16-20-12-21-24-16/h12,14H,4-11H2,1-3H3,(H,18,19)(H,20,21,24). The topological polar surface area (TPSA) is 99.9 Å². The lowest BCUT2D eigenvalue weighted by atomic mass is 9.96. The van der Waals surface area contributed by atoms with Crippen LogP contribution < -0.4 is 5.32 Å². The minimum Gasteiger partial charge on any atom is -0.356 e. The second-order valence-electron chi connectivity index (χ2n) is 6.77. The third kappa shape index (κ3) is 5.21. The number of hydrogen-bond donors (Lipinski definition) is 2. The van der Waals surface area contributed by atoms with Crippen LogP contribution in [0.5, 0.6) is 0 Å². The fraction of sp³-hybridized carbons (Fsp3) is 0.706. The highest BCUT2D eigenvalue weighted by Gasteiger charge is 2.24. The van der Waals surface area contributed by atoms with E-state index in [1.807, 2.05) is 30.3 Å². The van der Waals surface area contributed by atoms with Crippen LogP contribution in [0.3, 0.4) is 0 Å². The minimum absolute atomic E-state index is 0.447. The van der Waals surface area contributed by atoms with Gasteiger partial charge < -0.3 is 14.8 Å². The average Bonchev–Trinajstić information content (AvgIpc) is 3.33. The molecule has 0 amide bonds. The van der Waals surface area contributed by atoms with Gasteiger partial charge in [-0.25, -0.2) is 9.98 Å². The fourth-order valence-corrected chi connectivity index (χ4v) is 3.63. The monoisotopic (exact) mass is 391 g/mol. The molecule has 1 aliphatic rings. The first-order chi connectivity index (χ1) is 13.2. The lowest BCUT2D eigenvalue weighted by molar-refractivity contribution is 0.298. The van der Waals surface area contributed by atoms with Gasteiger partial charge in [0.1, 0.15) is 24.5 Å². The number of aliphatic imine (C=N–C) groups is 1. The van der Waals surface area contributed by atoms with E-state index in [0.29, 0.717) is 12.5 Å². The predicted molar refractivity (Wildman–Crippen MR) is 108 cm³/mol. The van der Waals surface area contributed by atoms with Crippen LogP contribution in [-0.4, -0.2) is 72.4 Å². The number of aromatic nitrogens is 6. The Morgan fingerprint density at radius 1 is 1.37 bits per heavy atom. The molecule has 27 heavy (non-hydrogen) atoms. The van der Waals surface area contributed by atoms with Crippen LogP contribution >= 0.6 is 11.8 Å². The second kappa shape index (κ2) is 9.72. The van der Waals surface area contributed by atoms with E-state index in [-0.39, 0.29) is 0 Å². The molecule has 0 spiro atoms. The first-order valence-corrected chi connectivity index (χ1v) is 10.8. The van der Waals surface area contributed by atoms with Crippen molar-refractivity contribution in [3.63, 3.8) is 0 Å². The quantitative estimate of drug-likeness (QED) is 0.417. The van der Waals surface area contributed by atoms with E-state index >= 15 is 0 Å². The highest BCUT2D eigenvalue weighted by molar-refractivity contribution is 7.98. The Kier molecular flexibility index (Phi) is 7.08. The SMILES string of the molecule is CSCCCNC(=NCc1nnc(C)n1C)N1CCC(c2ncn[nH]2)CC1. The van der Waals surface area contributed by atoms with Gasteiger partial charge in [-0.05, 0) is 38.2 Å². The summed E-state index contributed by atoms with van der Waals surface area (Å²) in [4.78, 5) is 11.5. The van der Waals surface area contributed by atoms with Crippen LogP contribution in [0.2, 0.25) is 0 Å². The second-order valence-corrected chi connectivity index (χ2v) is 7.75. The molecule has 3 rings (SSSR count). The molecule has 0 radical (unpaired) electrons. The number of nitrogens with zero attached hydrogens (tertiary/aromatic N) is 7. The van der Waals surface area contributed by atoms with Crippen LogP contribution in [0.1, 0.15) is 42.7 Å². The van der Waals surface area contributed by atoms with Gasteiger partial charge >= 0.3 is 0 Å². The molecule has 2 aromatic heterocycles. The molecule has 10 heteroatoms. The number of thioether (sulfide) groups is 1. The molecule has 3 heterocycles. The molecule has 0 aliphatic carbocycles. The molecule has 0 saturated carbocycles. The number of hydrogen-bond acceptors (Lipinski definition) is 6. The lowest BCUT2D eigenvalue weighted by Crippen LogP contribution is -2.45. The van der Waals surface area contributed by atoms with E-state index < -0.39 is 0 Å². The smallest absolute Gasteiger partial charge is 0.194 e. The van der Waals surface area contributed by atoms with E-state index in [2.05, 4.69) is 41.9 Å². The van der Waals surface area contributed by atoms with Gasteiger partial charge in [0.05, 0.1) is 0 Å². The molecule has 2 aromatic rings. The number of likely N-dealkylation sites (tertiary alicyclic amines) is 1. The molecule has 9 nitrogen and oxygen atoms in total. The molecular formula is C17H29N9S. The van der Waals surface area contributed by atoms with E-state index in [0.717, 1.165) is 68.1 Å². The maximum Gasteiger partial charge on any atom is 0.194 e. The molecule has 148 valence electrons. The van der Waals surface area contributed by atoms with Gasteiger partial charge in [0.2, 0.25) is 0 Å². The summed E-state index contributed by atoms with van der Waals surface area (Å²) in [5.41, 5.74) is 0. The van der Waals surface area contributed by atoms with Crippen LogP contribution in [-0.2, 0) is 13.6 Å². The summed E-state index contributed by atoms with van der Waals surface area (Å²) in [6.45, 7) is 5.33. The molecule has 2 N–H and O–H groups in total. The van der Waals surface area contributed by atoms with Crippen molar-refractivity contribution >= 4 is 17.7 Å². The molecule has 0 unspecified atom stereocenters. The van der Waals surface area contributed by atoms with Gasteiger partial charge in [0, 0.05) is 32.6 Å². The highest BCUT2D eigenvalue weighted by Crippen LogP contribution is 2.25. The van der Waals surface area contributed by atoms with Gasteiger partial charge in [0.15, 0.2) is 11.8 Å².